The molecule has 0 saturated carbocycles. The summed E-state index contributed by atoms with van der Waals surface area (Å²) < 4.78 is 0. The molecule has 0 fully saturated rings. The van der Waals surface area contributed by atoms with Gasteiger partial charge in [0.2, 0.25) is 0 Å². The fraction of sp³-hybridized carbons (Fsp3) is 0.0769. The van der Waals surface area contributed by atoms with E-state index in [-0.39, 0.29) is 0 Å². The molecule has 1 heteroatoms. The molecule has 1 aromatic carbocycles. The lowest BCUT2D eigenvalue weighted by atomic mass is 10.1. The van der Waals surface area contributed by atoms with E-state index in [1.54, 1.807) is 0 Å². The molecule has 1 heterocycles. The maximum Gasteiger partial charge on any atom is 0.0420 e. The van der Waals surface area contributed by atoms with Gasteiger partial charge in [0.05, 0.1) is 0 Å². The summed E-state index contributed by atoms with van der Waals surface area (Å²) >= 11 is 0. The molecule has 1 nitrogen and oxygen atoms in total. The van der Waals surface area contributed by atoms with E-state index < -0.39 is 0 Å². The van der Waals surface area contributed by atoms with Gasteiger partial charge >= 0.3 is 0 Å². The molecule has 0 unspecified atom stereocenters. The van der Waals surface area contributed by atoms with Gasteiger partial charge in [-0.3, -0.25) is 0 Å². The van der Waals surface area contributed by atoms with Crippen molar-refractivity contribution >= 4 is 23.9 Å². The molecule has 1 N–H and O–H groups in total. The van der Waals surface area contributed by atoms with E-state index in [1.807, 2.05) is 0 Å². The van der Waals surface area contributed by atoms with Crippen molar-refractivity contribution in [2.24, 2.45) is 0 Å². The molecular weight excluding hydrogens is 170 g/mol. The summed E-state index contributed by atoms with van der Waals surface area (Å²) in [4.78, 5) is 0. The summed E-state index contributed by atoms with van der Waals surface area (Å²) in [6.07, 6.45) is 12.8. The Bertz CT molecular complexity index is 547. The zero-order valence-corrected chi connectivity index (χ0v) is 7.83. The number of hydrogen-bond donors (Lipinski definition) is 1. The topological polar surface area (TPSA) is 12.0 Å². The first kappa shape index (κ1) is 7.63. The molecular formula is C13H11N. The van der Waals surface area contributed by atoms with Crippen molar-refractivity contribution in [3.05, 3.63) is 46.4 Å². The highest BCUT2D eigenvalue weighted by Crippen LogP contribution is 2.06. The number of benzene rings is 1. The van der Waals surface area contributed by atoms with Crippen molar-refractivity contribution in [3.63, 3.8) is 0 Å². The standard InChI is InChI=1S/C13H11N/c1-2-4-10-6-7-13-12(8-9-14-13)11(10)5-3-1/h1-8,14H,9H2. The van der Waals surface area contributed by atoms with Crippen molar-refractivity contribution in [3.8, 4) is 0 Å². The van der Waals surface area contributed by atoms with Gasteiger partial charge in [0.1, 0.15) is 0 Å². The molecule has 0 radical (unpaired) electrons. The third-order valence-corrected chi connectivity index (χ3v) is 2.68. The van der Waals surface area contributed by atoms with Crippen LogP contribution in [-0.4, -0.2) is 6.54 Å². The predicted molar refractivity (Wildman–Crippen MR) is 61.3 cm³/mol. The van der Waals surface area contributed by atoms with Crippen LogP contribution >= 0.6 is 0 Å². The van der Waals surface area contributed by atoms with Crippen LogP contribution in [0.2, 0.25) is 0 Å². The zero-order chi connectivity index (χ0) is 9.38. The van der Waals surface area contributed by atoms with Crippen LogP contribution in [0, 0.1) is 0 Å². The molecule has 0 amide bonds. The van der Waals surface area contributed by atoms with Gasteiger partial charge in [-0.05, 0) is 16.8 Å². The highest BCUT2D eigenvalue weighted by molar-refractivity contribution is 5.67. The van der Waals surface area contributed by atoms with Crippen LogP contribution in [0.25, 0.3) is 18.2 Å². The minimum atomic E-state index is 0.951. The Morgan fingerprint density at radius 2 is 2.00 bits per heavy atom. The quantitative estimate of drug-likeness (QED) is 0.635. The Morgan fingerprint density at radius 1 is 1.00 bits per heavy atom. The lowest BCUT2D eigenvalue weighted by molar-refractivity contribution is 1.44. The smallest absolute Gasteiger partial charge is 0.0420 e. The number of anilines is 1. The van der Waals surface area contributed by atoms with E-state index in [0.29, 0.717) is 0 Å². The van der Waals surface area contributed by atoms with Crippen LogP contribution < -0.4 is 15.8 Å². The van der Waals surface area contributed by atoms with Gasteiger partial charge in [-0.2, -0.15) is 0 Å². The van der Waals surface area contributed by atoms with Crippen LogP contribution in [0.4, 0.5) is 5.69 Å². The molecule has 68 valence electrons. The van der Waals surface area contributed by atoms with Crippen LogP contribution in [0.3, 0.4) is 0 Å². The van der Waals surface area contributed by atoms with Gasteiger partial charge in [0.25, 0.3) is 0 Å². The Morgan fingerprint density at radius 3 is 3.00 bits per heavy atom. The van der Waals surface area contributed by atoms with E-state index >= 15 is 0 Å². The fourth-order valence-electron chi connectivity index (χ4n) is 2.00. The second kappa shape index (κ2) is 2.88. The second-order valence-electron chi connectivity index (χ2n) is 3.53. The van der Waals surface area contributed by atoms with E-state index in [1.165, 1.54) is 21.7 Å². The molecule has 1 aromatic rings. The highest BCUT2D eigenvalue weighted by atomic mass is 14.9. The normalized spacial score (nSPS) is 16.0. The maximum absolute atomic E-state index is 3.35. The molecule has 0 atom stereocenters. The monoisotopic (exact) mass is 181 g/mol. The van der Waals surface area contributed by atoms with E-state index in [2.05, 4.69) is 53.9 Å². The first-order valence-electron chi connectivity index (χ1n) is 4.87. The number of hydrogen-bond acceptors (Lipinski definition) is 1. The predicted octanol–water partition coefficient (Wildman–Crippen LogP) is 1.26. The molecule has 1 aliphatic carbocycles. The molecule has 0 saturated heterocycles. The summed E-state index contributed by atoms with van der Waals surface area (Å²) in [7, 11) is 0. The second-order valence-corrected chi connectivity index (χ2v) is 3.53. The van der Waals surface area contributed by atoms with E-state index in [4.69, 9.17) is 0 Å². The van der Waals surface area contributed by atoms with Gasteiger partial charge in [0, 0.05) is 17.5 Å². The van der Waals surface area contributed by atoms with Crippen molar-refractivity contribution < 1.29 is 0 Å². The summed E-state index contributed by atoms with van der Waals surface area (Å²) in [5.74, 6) is 0. The van der Waals surface area contributed by atoms with Gasteiger partial charge in [-0.25, -0.2) is 0 Å². The summed E-state index contributed by atoms with van der Waals surface area (Å²) in [5, 5.41) is 6.02. The Kier molecular flexibility index (Phi) is 1.57. The van der Waals surface area contributed by atoms with Gasteiger partial charge in [-0.1, -0.05) is 42.5 Å². The molecule has 3 rings (SSSR count). The minimum absolute atomic E-state index is 0.951. The molecule has 0 bridgehead atoms. The third kappa shape index (κ3) is 1.02. The van der Waals surface area contributed by atoms with E-state index in [9.17, 15) is 0 Å². The van der Waals surface area contributed by atoms with Crippen molar-refractivity contribution in [1.82, 2.24) is 0 Å². The van der Waals surface area contributed by atoms with Crippen molar-refractivity contribution in [2.75, 3.05) is 11.9 Å². The Labute approximate surface area is 82.8 Å². The number of fused-ring (bicyclic) bond motifs is 3. The van der Waals surface area contributed by atoms with Gasteiger partial charge < -0.3 is 5.32 Å². The van der Waals surface area contributed by atoms with Gasteiger partial charge in [0.15, 0.2) is 0 Å². The summed E-state index contributed by atoms with van der Waals surface area (Å²) in [5.41, 5.74) is 2.55. The van der Waals surface area contributed by atoms with E-state index in [0.717, 1.165) is 6.54 Å². The van der Waals surface area contributed by atoms with Crippen LogP contribution in [0.15, 0.2) is 30.4 Å². The van der Waals surface area contributed by atoms with Crippen molar-refractivity contribution in [2.45, 2.75) is 0 Å². The van der Waals surface area contributed by atoms with Crippen molar-refractivity contribution in [1.29, 1.82) is 0 Å². The van der Waals surface area contributed by atoms with Crippen LogP contribution in [-0.2, 0) is 0 Å². The SMILES string of the molecule is C1=CC=c2c(ccc3c2=CCN3)C=C1. The van der Waals surface area contributed by atoms with Gasteiger partial charge in [-0.15, -0.1) is 0 Å². The molecule has 0 aromatic heterocycles. The Hall–Kier alpha value is -1.76. The Balaban J connectivity index is 2.47. The molecule has 14 heavy (non-hydrogen) atoms. The zero-order valence-electron chi connectivity index (χ0n) is 7.83. The lowest BCUT2D eigenvalue weighted by Crippen LogP contribution is -2.26. The highest BCUT2D eigenvalue weighted by Gasteiger charge is 2.04. The third-order valence-electron chi connectivity index (χ3n) is 2.68. The first-order valence-corrected chi connectivity index (χ1v) is 4.87. The average molecular weight is 181 g/mol. The molecule has 2 aliphatic rings. The summed E-state index contributed by atoms with van der Waals surface area (Å²) in [6.45, 7) is 0.951. The summed E-state index contributed by atoms with van der Waals surface area (Å²) in [6, 6.07) is 4.32. The average Bonchev–Trinajstić information content (AvgIpc) is 2.55. The van der Waals surface area contributed by atoms with Crippen LogP contribution in [0.1, 0.15) is 5.56 Å². The minimum Gasteiger partial charge on any atom is -0.381 e. The maximum atomic E-state index is 3.35. The number of nitrogens with one attached hydrogen (secondary N) is 1. The largest absolute Gasteiger partial charge is 0.381 e. The fourth-order valence-corrected chi connectivity index (χ4v) is 2.00. The number of rotatable bonds is 0. The molecule has 0 spiro atoms. The first-order chi connectivity index (χ1) is 6.95. The number of allylic oxidation sites excluding steroid dienone is 3. The van der Waals surface area contributed by atoms with Crippen LogP contribution in [0.5, 0.6) is 0 Å². The molecule has 1 aliphatic heterocycles. The lowest BCUT2D eigenvalue weighted by Gasteiger charge is -2.00.